The zero-order chi connectivity index (χ0) is 19.6. The van der Waals surface area contributed by atoms with Crippen molar-refractivity contribution >= 4 is 24.2 Å². The average Bonchev–Trinajstić information content (AvgIpc) is 2.68. The molecule has 4 bridgehead atoms. The third-order valence-corrected chi connectivity index (χ3v) is 7.03. The van der Waals surface area contributed by atoms with Gasteiger partial charge in [-0.3, -0.25) is 9.59 Å². The molecule has 6 heteroatoms. The van der Waals surface area contributed by atoms with E-state index in [1.165, 1.54) is 19.3 Å². The van der Waals surface area contributed by atoms with Gasteiger partial charge in [-0.15, -0.1) is 12.4 Å². The summed E-state index contributed by atoms with van der Waals surface area (Å²) in [5, 5.41) is 9.30. The van der Waals surface area contributed by atoms with E-state index in [4.69, 9.17) is 0 Å². The van der Waals surface area contributed by atoms with Crippen LogP contribution in [0.15, 0.2) is 24.3 Å². The number of benzene rings is 1. The van der Waals surface area contributed by atoms with Gasteiger partial charge in [-0.2, -0.15) is 0 Å². The molecule has 5 rings (SSSR count). The summed E-state index contributed by atoms with van der Waals surface area (Å²) in [5.41, 5.74) is 1.61. The Labute approximate surface area is 180 Å². The van der Waals surface area contributed by atoms with Gasteiger partial charge in [0.05, 0.1) is 0 Å². The minimum atomic E-state index is -0.0961. The maximum Gasteiger partial charge on any atom is 0.251 e. The van der Waals surface area contributed by atoms with E-state index < -0.39 is 0 Å². The Hall–Kier alpha value is -1.59. The van der Waals surface area contributed by atoms with Gasteiger partial charge >= 0.3 is 0 Å². The number of amides is 2. The SMILES string of the molecule is CCNCCNC(=O)c1ccc(CNC(=O)C23CC4CC(CC(C4)C2)C3)cc1.Cl. The zero-order valence-electron chi connectivity index (χ0n) is 17.3. The monoisotopic (exact) mass is 419 g/mol. The number of hydrogen-bond donors (Lipinski definition) is 3. The lowest BCUT2D eigenvalue weighted by Crippen LogP contribution is -2.53. The Balaban J connectivity index is 0.00000240. The molecule has 4 aliphatic carbocycles. The molecule has 0 unspecified atom stereocenters. The van der Waals surface area contributed by atoms with E-state index in [1.54, 1.807) is 0 Å². The van der Waals surface area contributed by atoms with Crippen LogP contribution in [0.5, 0.6) is 0 Å². The van der Waals surface area contributed by atoms with Crippen molar-refractivity contribution in [3.8, 4) is 0 Å². The molecule has 160 valence electrons. The summed E-state index contributed by atoms with van der Waals surface area (Å²) in [6, 6.07) is 7.57. The molecule has 2 amide bonds. The Kier molecular flexibility index (Phi) is 7.23. The molecule has 0 atom stereocenters. The van der Waals surface area contributed by atoms with Gasteiger partial charge in [0.15, 0.2) is 0 Å². The highest BCUT2D eigenvalue weighted by Crippen LogP contribution is 2.60. The number of carbonyl (C=O) groups excluding carboxylic acids is 2. The predicted octanol–water partition coefficient (Wildman–Crippen LogP) is 3.28. The van der Waals surface area contributed by atoms with Crippen LogP contribution in [-0.4, -0.2) is 31.4 Å². The lowest BCUT2D eigenvalue weighted by molar-refractivity contribution is -0.146. The maximum absolute atomic E-state index is 13.0. The molecule has 4 aliphatic rings. The molecule has 0 radical (unpaired) electrons. The molecule has 0 heterocycles. The van der Waals surface area contributed by atoms with Crippen LogP contribution < -0.4 is 16.0 Å². The van der Waals surface area contributed by atoms with Gasteiger partial charge in [0.2, 0.25) is 5.91 Å². The van der Waals surface area contributed by atoms with Crippen molar-refractivity contribution in [2.45, 2.75) is 52.0 Å². The summed E-state index contributed by atoms with van der Waals surface area (Å²) < 4.78 is 0. The smallest absolute Gasteiger partial charge is 0.251 e. The van der Waals surface area contributed by atoms with Crippen molar-refractivity contribution in [2.24, 2.45) is 23.2 Å². The number of likely N-dealkylation sites (N-methyl/N-ethyl adjacent to an activating group) is 1. The van der Waals surface area contributed by atoms with Gasteiger partial charge in [0, 0.05) is 30.6 Å². The number of nitrogens with one attached hydrogen (secondary N) is 3. The highest BCUT2D eigenvalue weighted by Gasteiger charge is 2.54. The normalized spacial score (nSPS) is 29.2. The van der Waals surface area contributed by atoms with Crippen molar-refractivity contribution in [1.29, 1.82) is 0 Å². The van der Waals surface area contributed by atoms with Crippen LogP contribution in [0.25, 0.3) is 0 Å². The fraction of sp³-hybridized carbons (Fsp3) is 0.652. The van der Waals surface area contributed by atoms with Gasteiger partial charge < -0.3 is 16.0 Å². The molecular formula is C23H34ClN3O2. The second kappa shape index (κ2) is 9.48. The highest BCUT2D eigenvalue weighted by atomic mass is 35.5. The summed E-state index contributed by atoms with van der Waals surface area (Å²) in [6.45, 7) is 4.89. The van der Waals surface area contributed by atoms with E-state index in [-0.39, 0.29) is 29.6 Å². The molecular weight excluding hydrogens is 386 g/mol. The van der Waals surface area contributed by atoms with Gasteiger partial charge in [-0.05, 0) is 80.5 Å². The van der Waals surface area contributed by atoms with Crippen LogP contribution >= 0.6 is 12.4 Å². The van der Waals surface area contributed by atoms with E-state index in [0.29, 0.717) is 18.7 Å². The van der Waals surface area contributed by atoms with E-state index in [2.05, 4.69) is 16.0 Å². The molecule has 29 heavy (non-hydrogen) atoms. The molecule has 0 saturated heterocycles. The quantitative estimate of drug-likeness (QED) is 0.566. The van der Waals surface area contributed by atoms with Crippen LogP contribution in [0.4, 0.5) is 0 Å². The van der Waals surface area contributed by atoms with Crippen molar-refractivity contribution in [3.05, 3.63) is 35.4 Å². The molecule has 1 aromatic carbocycles. The molecule has 0 aliphatic heterocycles. The van der Waals surface area contributed by atoms with Crippen LogP contribution in [-0.2, 0) is 11.3 Å². The Morgan fingerprint density at radius 2 is 1.52 bits per heavy atom. The Bertz CT molecular complexity index is 684. The lowest BCUT2D eigenvalue weighted by atomic mass is 9.49. The van der Waals surface area contributed by atoms with Gasteiger partial charge in [-0.25, -0.2) is 0 Å². The Morgan fingerprint density at radius 3 is 2.07 bits per heavy atom. The molecule has 5 nitrogen and oxygen atoms in total. The average molecular weight is 420 g/mol. The molecule has 3 N–H and O–H groups in total. The number of rotatable bonds is 8. The van der Waals surface area contributed by atoms with E-state index in [0.717, 1.165) is 55.7 Å². The minimum Gasteiger partial charge on any atom is -0.352 e. The van der Waals surface area contributed by atoms with E-state index in [9.17, 15) is 9.59 Å². The molecule has 0 aromatic heterocycles. The number of hydrogen-bond acceptors (Lipinski definition) is 3. The fourth-order valence-corrected chi connectivity index (χ4v) is 6.08. The second-order valence-corrected chi connectivity index (χ2v) is 9.19. The summed E-state index contributed by atoms with van der Waals surface area (Å²) in [6.07, 6.45) is 7.34. The maximum atomic E-state index is 13.0. The topological polar surface area (TPSA) is 70.2 Å². The molecule has 0 spiro atoms. The molecule has 4 saturated carbocycles. The van der Waals surface area contributed by atoms with Crippen molar-refractivity contribution < 1.29 is 9.59 Å². The van der Waals surface area contributed by atoms with Crippen LogP contribution in [0.2, 0.25) is 0 Å². The molecule has 4 fully saturated rings. The van der Waals surface area contributed by atoms with Crippen LogP contribution in [0.3, 0.4) is 0 Å². The predicted molar refractivity (Wildman–Crippen MR) is 117 cm³/mol. The first-order valence-corrected chi connectivity index (χ1v) is 10.9. The summed E-state index contributed by atoms with van der Waals surface area (Å²) in [4.78, 5) is 25.2. The Morgan fingerprint density at radius 1 is 0.931 bits per heavy atom. The summed E-state index contributed by atoms with van der Waals surface area (Å²) >= 11 is 0. The van der Waals surface area contributed by atoms with Crippen LogP contribution in [0.1, 0.15) is 61.4 Å². The van der Waals surface area contributed by atoms with Gasteiger partial charge in [0.1, 0.15) is 0 Å². The fourth-order valence-electron chi connectivity index (χ4n) is 6.08. The van der Waals surface area contributed by atoms with Crippen LogP contribution in [0, 0.1) is 23.2 Å². The lowest BCUT2D eigenvalue weighted by Gasteiger charge is -2.55. The number of halogens is 1. The van der Waals surface area contributed by atoms with Gasteiger partial charge in [-0.1, -0.05) is 19.1 Å². The summed E-state index contributed by atoms with van der Waals surface area (Å²) in [5.74, 6) is 2.55. The first-order chi connectivity index (χ1) is 13.6. The second-order valence-electron chi connectivity index (χ2n) is 9.19. The van der Waals surface area contributed by atoms with Crippen molar-refractivity contribution in [2.75, 3.05) is 19.6 Å². The molecule has 1 aromatic rings. The highest BCUT2D eigenvalue weighted by molar-refractivity contribution is 5.94. The summed E-state index contributed by atoms with van der Waals surface area (Å²) in [7, 11) is 0. The zero-order valence-corrected chi connectivity index (χ0v) is 18.2. The number of carbonyl (C=O) groups is 2. The van der Waals surface area contributed by atoms with Crippen molar-refractivity contribution in [3.63, 3.8) is 0 Å². The van der Waals surface area contributed by atoms with E-state index >= 15 is 0 Å². The minimum absolute atomic E-state index is 0. The van der Waals surface area contributed by atoms with Gasteiger partial charge in [0.25, 0.3) is 5.91 Å². The standard InChI is InChI=1S/C23H33N3O2.ClH/c1-2-24-7-8-25-21(27)20-5-3-16(4-6-20)15-26-22(28)23-12-17-9-18(13-23)11-19(10-17)14-23;/h3-6,17-19,24H,2,7-15H2,1H3,(H,25,27)(H,26,28);1H. The van der Waals surface area contributed by atoms with E-state index in [1.807, 2.05) is 31.2 Å². The third kappa shape index (κ3) is 4.95. The van der Waals surface area contributed by atoms with Crippen molar-refractivity contribution in [1.82, 2.24) is 16.0 Å². The first kappa shape index (κ1) is 22.1. The first-order valence-electron chi connectivity index (χ1n) is 10.9. The third-order valence-electron chi connectivity index (χ3n) is 7.03. The largest absolute Gasteiger partial charge is 0.352 e.